The first-order valence-electron chi connectivity index (χ1n) is 7.46. The predicted molar refractivity (Wildman–Crippen MR) is 98.0 cm³/mol. The molecule has 0 spiro atoms. The van der Waals surface area contributed by atoms with Gasteiger partial charge in [-0.15, -0.1) is 0 Å². The molecule has 24 heavy (non-hydrogen) atoms. The van der Waals surface area contributed by atoms with Gasteiger partial charge in [-0.1, -0.05) is 39.7 Å². The van der Waals surface area contributed by atoms with Gasteiger partial charge in [-0.2, -0.15) is 4.74 Å². The van der Waals surface area contributed by atoms with Crippen molar-refractivity contribution in [1.29, 1.82) is 0 Å². The third-order valence-electron chi connectivity index (χ3n) is 4.13. The number of imidazole rings is 1. The number of benzene rings is 2. The van der Waals surface area contributed by atoms with Gasteiger partial charge in [-0.05, 0) is 37.3 Å². The summed E-state index contributed by atoms with van der Waals surface area (Å²) < 4.78 is 3.90. The number of nitrogens with zero attached hydrogens (tertiary/aromatic N) is 3. The van der Waals surface area contributed by atoms with Gasteiger partial charge in [0, 0.05) is 16.4 Å². The molecule has 0 unspecified atom stereocenters. The molecule has 0 aliphatic carbocycles. The fraction of sp³-hybridized carbons (Fsp3) is 0.111. The lowest BCUT2D eigenvalue weighted by Gasteiger charge is -2.13. The Morgan fingerprint density at radius 1 is 1.21 bits per heavy atom. The molecular formula is C18H13BrClN3O. The van der Waals surface area contributed by atoms with Gasteiger partial charge in [0.2, 0.25) is 12.3 Å². The second kappa shape index (κ2) is 5.76. The smallest absolute Gasteiger partial charge is 0.229 e. The minimum atomic E-state index is 0.167. The quantitative estimate of drug-likeness (QED) is 0.445. The molecule has 2 aromatic carbocycles. The molecule has 2 heterocycles. The molecule has 1 aromatic heterocycles. The maximum Gasteiger partial charge on any atom is 0.229 e. The third kappa shape index (κ3) is 2.36. The van der Waals surface area contributed by atoms with Crippen molar-refractivity contribution in [3.05, 3.63) is 86.0 Å². The summed E-state index contributed by atoms with van der Waals surface area (Å²) in [4.78, 5) is 4.40. The lowest BCUT2D eigenvalue weighted by atomic mass is 10.00. The van der Waals surface area contributed by atoms with Crippen molar-refractivity contribution in [2.75, 3.05) is 0 Å². The summed E-state index contributed by atoms with van der Waals surface area (Å²) in [6, 6.07) is 13.3. The summed E-state index contributed by atoms with van der Waals surface area (Å²) in [7, 11) is 0. The third-order valence-corrected chi connectivity index (χ3v) is 4.95. The zero-order valence-electron chi connectivity index (χ0n) is 12.8. The van der Waals surface area contributed by atoms with Gasteiger partial charge >= 0.3 is 0 Å². The number of hydrogen-bond acceptors (Lipinski definition) is 2. The van der Waals surface area contributed by atoms with Crippen LogP contribution in [0.5, 0.6) is 0 Å². The van der Waals surface area contributed by atoms with Crippen LogP contribution in [0, 0.1) is 12.1 Å². The highest BCUT2D eigenvalue weighted by molar-refractivity contribution is 9.10. The molecule has 0 fully saturated rings. The normalized spacial score (nSPS) is 13.5. The molecule has 4 rings (SSSR count). The van der Waals surface area contributed by atoms with Crippen molar-refractivity contribution < 1.29 is 4.74 Å². The highest BCUT2D eigenvalue weighted by Gasteiger charge is 2.29. The predicted octanol–water partition coefficient (Wildman–Crippen LogP) is 4.46. The molecule has 6 heteroatoms. The average Bonchev–Trinajstić information content (AvgIpc) is 2.85. The summed E-state index contributed by atoms with van der Waals surface area (Å²) in [5, 5.41) is 13.5. The minimum absolute atomic E-state index is 0.167. The van der Waals surface area contributed by atoms with Crippen molar-refractivity contribution >= 4 is 33.2 Å². The molecule has 0 amide bonds. The van der Waals surface area contributed by atoms with E-state index in [1.165, 1.54) is 0 Å². The van der Waals surface area contributed by atoms with Crippen LogP contribution in [0.15, 0.2) is 53.1 Å². The number of aryl methyl sites for hydroxylation is 1. The lowest BCUT2D eigenvalue weighted by Crippen LogP contribution is -2.18. The lowest BCUT2D eigenvalue weighted by molar-refractivity contribution is -0.475. The Kier molecular flexibility index (Phi) is 3.70. The van der Waals surface area contributed by atoms with Crippen LogP contribution in [0.25, 0.3) is 5.69 Å². The largest absolute Gasteiger partial charge is 0.623 e. The number of halogens is 2. The minimum Gasteiger partial charge on any atom is -0.623 e. The van der Waals surface area contributed by atoms with Crippen LogP contribution in [0.2, 0.25) is 5.02 Å². The van der Waals surface area contributed by atoms with Crippen LogP contribution in [-0.4, -0.2) is 20.0 Å². The molecule has 0 atom stereocenters. The van der Waals surface area contributed by atoms with E-state index in [-0.39, 0.29) is 6.54 Å². The molecule has 1 aliphatic rings. The Labute approximate surface area is 152 Å². The Morgan fingerprint density at radius 2 is 2.00 bits per heavy atom. The topological polar surface area (TPSA) is 43.9 Å². The van der Waals surface area contributed by atoms with E-state index in [0.29, 0.717) is 16.6 Å². The van der Waals surface area contributed by atoms with Gasteiger partial charge in [0.15, 0.2) is 5.82 Å². The first kappa shape index (κ1) is 15.4. The van der Waals surface area contributed by atoms with Crippen LogP contribution < -0.4 is 0 Å². The molecule has 0 bridgehead atoms. The number of hydrogen-bond donors (Lipinski definition) is 0. The summed E-state index contributed by atoms with van der Waals surface area (Å²) in [6.07, 6.45) is 1.79. The van der Waals surface area contributed by atoms with Gasteiger partial charge in [-0.25, -0.2) is 4.98 Å². The summed E-state index contributed by atoms with van der Waals surface area (Å²) in [5.74, 6) is 0.716. The second-order valence-electron chi connectivity index (χ2n) is 5.68. The van der Waals surface area contributed by atoms with Crippen LogP contribution in [0.1, 0.15) is 22.6 Å². The Bertz CT molecular complexity index is 994. The zero-order valence-corrected chi connectivity index (χ0v) is 15.2. The highest BCUT2D eigenvalue weighted by atomic mass is 79.9. The molecule has 0 saturated heterocycles. The Hall–Kier alpha value is -2.11. The van der Waals surface area contributed by atoms with Crippen LogP contribution in [0.4, 0.5) is 0 Å². The maximum absolute atomic E-state index is 13.0. The fourth-order valence-electron chi connectivity index (χ4n) is 3.09. The van der Waals surface area contributed by atoms with E-state index in [1.54, 1.807) is 12.3 Å². The molecule has 3 aromatic rings. The van der Waals surface area contributed by atoms with E-state index < -0.39 is 0 Å². The summed E-state index contributed by atoms with van der Waals surface area (Å²) in [6.45, 7) is 2.15. The van der Waals surface area contributed by atoms with E-state index in [4.69, 9.17) is 11.6 Å². The average molecular weight is 403 g/mol. The molecule has 120 valence electrons. The van der Waals surface area contributed by atoms with Crippen molar-refractivity contribution in [3.8, 4) is 5.69 Å². The first-order valence-corrected chi connectivity index (χ1v) is 8.63. The van der Waals surface area contributed by atoms with Crippen LogP contribution >= 0.6 is 27.5 Å². The first-order chi connectivity index (χ1) is 11.6. The van der Waals surface area contributed by atoms with E-state index in [2.05, 4.69) is 20.9 Å². The monoisotopic (exact) mass is 401 g/mol. The molecular weight excluding hydrogens is 390 g/mol. The second-order valence-corrected chi connectivity index (χ2v) is 7.00. The van der Waals surface area contributed by atoms with Crippen LogP contribution in [-0.2, 0) is 6.54 Å². The van der Waals surface area contributed by atoms with Gasteiger partial charge in [0.25, 0.3) is 0 Å². The standard InChI is InChI=1S/C18H13BrClN3O/c1-11-9-21-17-10-22(24)18(13-4-2-3-5-15(13)20)14-8-12(19)6-7-16(14)23(11)17/h2-9H,10H2,1H3. The molecule has 0 radical (unpaired) electrons. The van der Waals surface area contributed by atoms with Gasteiger partial charge in [0.05, 0.1) is 21.8 Å². The van der Waals surface area contributed by atoms with Gasteiger partial charge in [-0.3, -0.25) is 4.57 Å². The van der Waals surface area contributed by atoms with Crippen molar-refractivity contribution in [2.24, 2.45) is 0 Å². The number of aromatic nitrogens is 2. The highest BCUT2D eigenvalue weighted by Crippen LogP contribution is 2.30. The summed E-state index contributed by atoms with van der Waals surface area (Å²) >= 11 is 9.89. The van der Waals surface area contributed by atoms with E-state index in [9.17, 15) is 5.21 Å². The maximum atomic E-state index is 13.0. The van der Waals surface area contributed by atoms with E-state index in [0.717, 1.165) is 31.7 Å². The van der Waals surface area contributed by atoms with E-state index in [1.807, 2.05) is 47.9 Å². The van der Waals surface area contributed by atoms with Crippen molar-refractivity contribution in [3.63, 3.8) is 0 Å². The van der Waals surface area contributed by atoms with Gasteiger partial charge < -0.3 is 5.21 Å². The Morgan fingerprint density at radius 3 is 2.79 bits per heavy atom. The van der Waals surface area contributed by atoms with E-state index >= 15 is 0 Å². The van der Waals surface area contributed by atoms with Crippen LogP contribution in [0.3, 0.4) is 0 Å². The van der Waals surface area contributed by atoms with Crippen molar-refractivity contribution in [2.45, 2.75) is 13.5 Å². The number of fused-ring (bicyclic) bond motifs is 3. The molecule has 1 aliphatic heterocycles. The molecule has 4 nitrogen and oxygen atoms in total. The number of hydroxylamine groups is 1. The van der Waals surface area contributed by atoms with Gasteiger partial charge in [0.1, 0.15) is 0 Å². The molecule has 0 N–H and O–H groups in total. The fourth-order valence-corrected chi connectivity index (χ4v) is 3.68. The van der Waals surface area contributed by atoms with Crippen molar-refractivity contribution in [1.82, 2.24) is 9.55 Å². The molecule has 0 saturated carbocycles. The number of rotatable bonds is 1. The Balaban J connectivity index is 2.09. The SMILES string of the molecule is Cc1cnc2n1-c1ccc(Br)cc1C(c1ccccc1Cl)=[N+]([O-])C2. The summed E-state index contributed by atoms with van der Waals surface area (Å²) in [5.41, 5.74) is 4.02. The zero-order chi connectivity index (χ0) is 16.8.